The van der Waals surface area contributed by atoms with Gasteiger partial charge in [0.15, 0.2) is 5.69 Å². The predicted molar refractivity (Wildman–Crippen MR) is 125 cm³/mol. The Hall–Kier alpha value is -3.81. The van der Waals surface area contributed by atoms with Crippen molar-refractivity contribution >= 4 is 11.9 Å². The summed E-state index contributed by atoms with van der Waals surface area (Å²) in [5.74, 6) is -0.395. The van der Waals surface area contributed by atoms with E-state index in [1.807, 2.05) is 19.9 Å². The smallest absolute Gasteiger partial charge is 0.357 e. The van der Waals surface area contributed by atoms with E-state index in [0.717, 1.165) is 11.1 Å². The molecule has 1 atom stereocenters. The normalized spacial score (nSPS) is 13.2. The Balaban J connectivity index is 0.00000324. The Bertz CT molecular complexity index is 1200. The zero-order valence-electron chi connectivity index (χ0n) is 18.7. The minimum atomic E-state index is -0.534. The zero-order chi connectivity index (χ0) is 23.5. The molecular formula is C26H28FN3O4. The quantitative estimate of drug-likeness (QED) is 0.455. The Morgan fingerprint density at radius 2 is 1.94 bits per heavy atom. The van der Waals surface area contributed by atoms with E-state index in [-0.39, 0.29) is 44.0 Å². The van der Waals surface area contributed by atoms with Gasteiger partial charge in [0.25, 0.3) is 5.91 Å². The fourth-order valence-electron chi connectivity index (χ4n) is 3.78. The van der Waals surface area contributed by atoms with Gasteiger partial charge in [0, 0.05) is 23.9 Å². The van der Waals surface area contributed by atoms with Crippen LogP contribution in [0, 0.1) is 12.7 Å². The number of pyridine rings is 2. The molecule has 0 bridgehead atoms. The number of carbonyl (C=O) groups is 2. The van der Waals surface area contributed by atoms with Crippen molar-refractivity contribution in [1.82, 2.24) is 14.9 Å². The summed E-state index contributed by atoms with van der Waals surface area (Å²) in [5.41, 5.74) is 3.62. The van der Waals surface area contributed by atoms with Crippen molar-refractivity contribution < 1.29 is 23.5 Å². The first-order valence-corrected chi connectivity index (χ1v) is 10.7. The summed E-state index contributed by atoms with van der Waals surface area (Å²) < 4.78 is 24.0. The maximum atomic E-state index is 13.1. The van der Waals surface area contributed by atoms with Crippen molar-refractivity contribution in [2.45, 2.75) is 47.4 Å². The topological polar surface area (TPSA) is 81.6 Å². The molecule has 7 nitrogen and oxygen atoms in total. The highest BCUT2D eigenvalue weighted by molar-refractivity contribution is 6.02. The maximum absolute atomic E-state index is 13.1. The first kappa shape index (κ1) is 24.8. The van der Waals surface area contributed by atoms with Gasteiger partial charge in [0.05, 0.1) is 24.5 Å². The number of ether oxygens (including phenoxy) is 2. The SMILES string of the molecule is C.CCOC(=O)c1nccc2c1CN(C(C)c1cc(C)c(OCc3ccc(F)cc3)cn1)C2=O. The first-order chi connectivity index (χ1) is 15.9. The summed E-state index contributed by atoms with van der Waals surface area (Å²) in [6.45, 7) is 6.30. The number of aromatic nitrogens is 2. The van der Waals surface area contributed by atoms with Gasteiger partial charge in [-0.1, -0.05) is 19.6 Å². The summed E-state index contributed by atoms with van der Waals surface area (Å²) in [6.07, 6.45) is 3.08. The Kier molecular flexibility index (Phi) is 7.61. The van der Waals surface area contributed by atoms with Crippen LogP contribution in [0.2, 0.25) is 0 Å². The number of esters is 1. The Morgan fingerprint density at radius 3 is 2.62 bits per heavy atom. The molecule has 0 spiro atoms. The lowest BCUT2D eigenvalue weighted by atomic mass is 10.1. The van der Waals surface area contributed by atoms with Crippen LogP contribution in [0.4, 0.5) is 4.39 Å². The van der Waals surface area contributed by atoms with E-state index in [1.54, 1.807) is 36.2 Å². The van der Waals surface area contributed by atoms with E-state index in [9.17, 15) is 14.0 Å². The van der Waals surface area contributed by atoms with Gasteiger partial charge in [0.2, 0.25) is 0 Å². The number of hydrogen-bond acceptors (Lipinski definition) is 6. The lowest BCUT2D eigenvalue weighted by molar-refractivity contribution is 0.0515. The maximum Gasteiger partial charge on any atom is 0.357 e. The summed E-state index contributed by atoms with van der Waals surface area (Å²) in [6, 6.07) is 9.30. The molecule has 178 valence electrons. The molecule has 0 fully saturated rings. The molecule has 0 radical (unpaired) electrons. The molecular weight excluding hydrogens is 437 g/mol. The molecule has 1 aromatic carbocycles. The minimum Gasteiger partial charge on any atom is -0.487 e. The minimum absolute atomic E-state index is 0. The second-order valence-electron chi connectivity index (χ2n) is 7.80. The molecule has 0 saturated heterocycles. The lowest BCUT2D eigenvalue weighted by Gasteiger charge is -2.24. The average Bonchev–Trinajstić information content (AvgIpc) is 3.15. The van der Waals surface area contributed by atoms with Gasteiger partial charge >= 0.3 is 5.97 Å². The number of nitrogens with zero attached hydrogens (tertiary/aromatic N) is 3. The van der Waals surface area contributed by atoms with E-state index >= 15 is 0 Å². The number of halogens is 1. The molecule has 3 heterocycles. The van der Waals surface area contributed by atoms with Crippen molar-refractivity contribution in [2.75, 3.05) is 6.61 Å². The van der Waals surface area contributed by atoms with Crippen molar-refractivity contribution in [1.29, 1.82) is 0 Å². The number of fused-ring (bicyclic) bond motifs is 1. The number of amides is 1. The van der Waals surface area contributed by atoms with Crippen molar-refractivity contribution in [3.63, 3.8) is 0 Å². The third-order valence-electron chi connectivity index (χ3n) is 5.63. The lowest BCUT2D eigenvalue weighted by Crippen LogP contribution is -2.28. The summed E-state index contributed by atoms with van der Waals surface area (Å²) in [7, 11) is 0. The molecule has 1 amide bonds. The monoisotopic (exact) mass is 465 g/mol. The highest BCUT2D eigenvalue weighted by atomic mass is 19.1. The fraction of sp³-hybridized carbons (Fsp3) is 0.308. The van der Waals surface area contributed by atoms with Gasteiger partial charge < -0.3 is 14.4 Å². The number of aryl methyl sites for hydroxylation is 1. The van der Waals surface area contributed by atoms with Crippen LogP contribution in [0.3, 0.4) is 0 Å². The largest absolute Gasteiger partial charge is 0.487 e. The number of benzene rings is 1. The van der Waals surface area contributed by atoms with Gasteiger partial charge in [0.1, 0.15) is 18.2 Å². The molecule has 2 aromatic heterocycles. The summed E-state index contributed by atoms with van der Waals surface area (Å²) >= 11 is 0. The van der Waals surface area contributed by atoms with Crippen LogP contribution < -0.4 is 4.74 Å². The third kappa shape index (κ3) is 4.90. The van der Waals surface area contributed by atoms with Gasteiger partial charge in [-0.3, -0.25) is 9.78 Å². The molecule has 3 aromatic rings. The van der Waals surface area contributed by atoms with Crippen LogP contribution in [-0.4, -0.2) is 33.4 Å². The second kappa shape index (κ2) is 10.4. The van der Waals surface area contributed by atoms with Crippen LogP contribution >= 0.6 is 0 Å². The molecule has 1 aliphatic heterocycles. The van der Waals surface area contributed by atoms with E-state index in [0.29, 0.717) is 29.2 Å². The molecule has 0 N–H and O–H groups in total. The molecule has 1 unspecified atom stereocenters. The van der Waals surface area contributed by atoms with Crippen molar-refractivity contribution in [3.8, 4) is 5.75 Å². The van der Waals surface area contributed by atoms with E-state index in [2.05, 4.69) is 9.97 Å². The summed E-state index contributed by atoms with van der Waals surface area (Å²) in [5, 5.41) is 0. The highest BCUT2D eigenvalue weighted by Crippen LogP contribution is 2.33. The Labute approximate surface area is 198 Å². The molecule has 8 heteroatoms. The van der Waals surface area contributed by atoms with Crippen LogP contribution in [0.15, 0.2) is 48.8 Å². The Morgan fingerprint density at radius 1 is 1.21 bits per heavy atom. The standard InChI is InChI=1S/C25H24FN3O4.CH4/c1-4-32-25(31)23-20-13-29(24(30)19(20)9-10-27-23)16(3)21-11-15(2)22(12-28-21)33-14-17-5-7-18(26)8-6-17;/h5-12,16H,4,13-14H2,1-3H3;1H4. The molecule has 34 heavy (non-hydrogen) atoms. The van der Waals surface area contributed by atoms with Crippen LogP contribution in [-0.2, 0) is 17.9 Å². The number of hydrogen-bond donors (Lipinski definition) is 0. The van der Waals surface area contributed by atoms with E-state index < -0.39 is 5.97 Å². The van der Waals surface area contributed by atoms with Crippen LogP contribution in [0.1, 0.15) is 70.5 Å². The van der Waals surface area contributed by atoms with Crippen molar-refractivity contribution in [3.05, 3.63) is 88.3 Å². The number of carbonyl (C=O) groups excluding carboxylic acids is 2. The molecule has 0 saturated carbocycles. The van der Waals surface area contributed by atoms with E-state index in [4.69, 9.17) is 9.47 Å². The predicted octanol–water partition coefficient (Wildman–Crippen LogP) is 5.03. The molecule has 0 aliphatic carbocycles. The van der Waals surface area contributed by atoms with Gasteiger partial charge in [-0.15, -0.1) is 0 Å². The third-order valence-corrected chi connectivity index (χ3v) is 5.63. The van der Waals surface area contributed by atoms with Gasteiger partial charge in [-0.2, -0.15) is 0 Å². The van der Waals surface area contributed by atoms with Crippen LogP contribution in [0.5, 0.6) is 5.75 Å². The second-order valence-corrected chi connectivity index (χ2v) is 7.80. The fourth-order valence-corrected chi connectivity index (χ4v) is 3.78. The zero-order valence-corrected chi connectivity index (χ0v) is 18.7. The summed E-state index contributed by atoms with van der Waals surface area (Å²) in [4.78, 5) is 35.6. The average molecular weight is 466 g/mol. The number of rotatable bonds is 7. The van der Waals surface area contributed by atoms with Crippen molar-refractivity contribution in [2.24, 2.45) is 0 Å². The first-order valence-electron chi connectivity index (χ1n) is 10.7. The van der Waals surface area contributed by atoms with Gasteiger partial charge in [-0.25, -0.2) is 14.2 Å². The van der Waals surface area contributed by atoms with Gasteiger partial charge in [-0.05, 0) is 56.2 Å². The highest BCUT2D eigenvalue weighted by Gasteiger charge is 2.35. The van der Waals surface area contributed by atoms with Crippen LogP contribution in [0.25, 0.3) is 0 Å². The van der Waals surface area contributed by atoms with E-state index in [1.165, 1.54) is 18.3 Å². The molecule has 1 aliphatic rings. The molecule has 4 rings (SSSR count).